The highest BCUT2D eigenvalue weighted by Gasteiger charge is 2.26. The van der Waals surface area contributed by atoms with Crippen LogP contribution in [0.25, 0.3) is 10.9 Å². The molecule has 2 aliphatic rings. The summed E-state index contributed by atoms with van der Waals surface area (Å²) in [6.45, 7) is 4.27. The van der Waals surface area contributed by atoms with E-state index in [-0.39, 0.29) is 18.2 Å². The van der Waals surface area contributed by atoms with Crippen molar-refractivity contribution in [1.82, 2.24) is 15.0 Å². The van der Waals surface area contributed by atoms with Gasteiger partial charge in [0.05, 0.1) is 17.0 Å². The molecule has 164 valence electrons. The molecule has 0 unspecified atom stereocenters. The molecule has 7 heteroatoms. The molecule has 0 aromatic carbocycles. The summed E-state index contributed by atoms with van der Waals surface area (Å²) in [5, 5.41) is 14.2. The number of aliphatic hydroxyl groups is 1. The highest BCUT2D eigenvalue weighted by Crippen LogP contribution is 2.38. The van der Waals surface area contributed by atoms with Crippen molar-refractivity contribution < 1.29 is 9.84 Å². The van der Waals surface area contributed by atoms with E-state index in [0.717, 1.165) is 74.3 Å². The van der Waals surface area contributed by atoms with Gasteiger partial charge in [0.2, 0.25) is 11.8 Å². The third-order valence-electron chi connectivity index (χ3n) is 6.74. The lowest BCUT2D eigenvalue weighted by molar-refractivity contribution is 0.122. The van der Waals surface area contributed by atoms with E-state index in [0.29, 0.717) is 23.8 Å². The summed E-state index contributed by atoms with van der Waals surface area (Å²) in [5.74, 6) is 1.63. The number of hydrogen-bond donors (Lipinski definition) is 3. The van der Waals surface area contributed by atoms with Crippen LogP contribution in [-0.4, -0.2) is 44.4 Å². The summed E-state index contributed by atoms with van der Waals surface area (Å²) in [7, 11) is 0. The average molecular weight is 414 g/mol. The van der Waals surface area contributed by atoms with Gasteiger partial charge in [-0.3, -0.25) is 0 Å². The van der Waals surface area contributed by atoms with E-state index in [2.05, 4.69) is 24.1 Å². The van der Waals surface area contributed by atoms with E-state index < -0.39 is 0 Å². The smallest absolute Gasteiger partial charge is 0.224 e. The third kappa shape index (κ3) is 4.83. The number of ether oxygens (including phenoxy) is 1. The quantitative estimate of drug-likeness (QED) is 0.659. The number of fused-ring (bicyclic) bond motifs is 1. The number of pyridine rings is 1. The number of nitrogens with one attached hydrogen (secondary N) is 1. The average Bonchev–Trinajstić information content (AvgIpc) is 2.76. The zero-order valence-corrected chi connectivity index (χ0v) is 18.2. The Hall–Kier alpha value is -1.99. The minimum absolute atomic E-state index is 0.147. The molecule has 0 aliphatic heterocycles. The molecule has 0 radical (unpaired) electrons. The predicted octanol–water partition coefficient (Wildman–Crippen LogP) is 3.90. The summed E-state index contributed by atoms with van der Waals surface area (Å²) in [6, 6.07) is 0.593. The monoisotopic (exact) mass is 413 g/mol. The van der Waals surface area contributed by atoms with Gasteiger partial charge in [0.15, 0.2) is 0 Å². The second-order valence-electron chi connectivity index (χ2n) is 9.09. The molecule has 1 atom stereocenters. The SMILES string of the molecule is CC[C@H](C)Nc1ncc2c(OC3CCC(N)CC3)ncc(C3CCC(O)CC3)c2n1. The summed E-state index contributed by atoms with van der Waals surface area (Å²) in [6.07, 6.45) is 12.2. The third-order valence-corrected chi connectivity index (χ3v) is 6.74. The van der Waals surface area contributed by atoms with Gasteiger partial charge in [0.25, 0.3) is 0 Å². The molecule has 2 saturated carbocycles. The van der Waals surface area contributed by atoms with Gasteiger partial charge in [-0.2, -0.15) is 0 Å². The number of nitrogens with two attached hydrogens (primary N) is 1. The standard InChI is InChI=1S/C23H35N5O2/c1-3-14(2)27-23-26-13-20-21(28-23)19(15-4-8-17(29)9-5-15)12-25-22(20)30-18-10-6-16(24)7-11-18/h12-18,29H,3-11,24H2,1-2H3,(H,26,27,28)/t14-,15?,16?,17?,18?/m0/s1. The molecule has 0 saturated heterocycles. The second kappa shape index (κ2) is 9.43. The second-order valence-corrected chi connectivity index (χ2v) is 9.09. The van der Waals surface area contributed by atoms with Crippen LogP contribution in [0.4, 0.5) is 5.95 Å². The first kappa shape index (κ1) is 21.2. The summed E-state index contributed by atoms with van der Waals surface area (Å²) < 4.78 is 6.31. The molecule has 2 fully saturated rings. The van der Waals surface area contributed by atoms with Crippen LogP contribution in [0, 0.1) is 0 Å². The summed E-state index contributed by atoms with van der Waals surface area (Å²) in [5.41, 5.74) is 8.11. The van der Waals surface area contributed by atoms with E-state index in [1.165, 1.54) is 0 Å². The Morgan fingerprint density at radius 2 is 1.83 bits per heavy atom. The number of rotatable bonds is 6. The Morgan fingerprint density at radius 1 is 1.10 bits per heavy atom. The molecular formula is C23H35N5O2. The fraction of sp³-hybridized carbons (Fsp3) is 0.696. The van der Waals surface area contributed by atoms with E-state index in [1.807, 2.05) is 12.4 Å². The van der Waals surface area contributed by atoms with E-state index in [9.17, 15) is 5.11 Å². The van der Waals surface area contributed by atoms with Gasteiger partial charge in [0.1, 0.15) is 6.10 Å². The molecule has 0 spiro atoms. The van der Waals surface area contributed by atoms with Crippen LogP contribution in [0.5, 0.6) is 5.88 Å². The van der Waals surface area contributed by atoms with Crippen LogP contribution in [0.3, 0.4) is 0 Å². The lowest BCUT2D eigenvalue weighted by Crippen LogP contribution is -2.31. The number of aromatic nitrogens is 3. The summed E-state index contributed by atoms with van der Waals surface area (Å²) >= 11 is 0. The van der Waals surface area contributed by atoms with Crippen molar-refractivity contribution in [2.24, 2.45) is 5.73 Å². The van der Waals surface area contributed by atoms with Crippen LogP contribution < -0.4 is 15.8 Å². The van der Waals surface area contributed by atoms with E-state index in [1.54, 1.807) is 0 Å². The maximum absolute atomic E-state index is 9.92. The highest BCUT2D eigenvalue weighted by molar-refractivity contribution is 5.86. The lowest BCUT2D eigenvalue weighted by atomic mass is 9.83. The minimum Gasteiger partial charge on any atom is -0.474 e. The molecule has 2 heterocycles. The van der Waals surface area contributed by atoms with Crippen LogP contribution in [-0.2, 0) is 0 Å². The Kier molecular flexibility index (Phi) is 6.68. The Balaban J connectivity index is 1.66. The first-order chi connectivity index (χ1) is 14.5. The Labute approximate surface area is 178 Å². The van der Waals surface area contributed by atoms with Gasteiger partial charge in [-0.25, -0.2) is 15.0 Å². The van der Waals surface area contributed by atoms with Crippen LogP contribution >= 0.6 is 0 Å². The van der Waals surface area contributed by atoms with Gasteiger partial charge in [-0.15, -0.1) is 0 Å². The van der Waals surface area contributed by atoms with E-state index in [4.69, 9.17) is 20.4 Å². The maximum atomic E-state index is 9.92. The van der Waals surface area contributed by atoms with Crippen molar-refractivity contribution in [3.05, 3.63) is 18.0 Å². The topological polar surface area (TPSA) is 106 Å². The molecule has 2 aromatic rings. The molecule has 4 rings (SSSR count). The molecule has 0 amide bonds. The Bertz CT molecular complexity index is 845. The fourth-order valence-electron chi connectivity index (χ4n) is 4.55. The van der Waals surface area contributed by atoms with Gasteiger partial charge < -0.3 is 20.9 Å². The van der Waals surface area contributed by atoms with Crippen molar-refractivity contribution in [2.45, 2.75) is 102 Å². The minimum atomic E-state index is -0.182. The first-order valence-corrected chi connectivity index (χ1v) is 11.6. The molecule has 4 N–H and O–H groups in total. The van der Waals surface area contributed by atoms with Crippen LogP contribution in [0.1, 0.15) is 83.1 Å². The highest BCUT2D eigenvalue weighted by atomic mass is 16.5. The number of anilines is 1. The fourth-order valence-corrected chi connectivity index (χ4v) is 4.55. The Morgan fingerprint density at radius 3 is 2.53 bits per heavy atom. The zero-order chi connectivity index (χ0) is 21.1. The summed E-state index contributed by atoms with van der Waals surface area (Å²) in [4.78, 5) is 14.2. The normalized spacial score (nSPS) is 28.3. The van der Waals surface area contributed by atoms with Crippen molar-refractivity contribution in [1.29, 1.82) is 0 Å². The number of nitrogens with zero attached hydrogens (tertiary/aromatic N) is 3. The molecule has 7 nitrogen and oxygen atoms in total. The number of aliphatic hydroxyl groups excluding tert-OH is 1. The van der Waals surface area contributed by atoms with E-state index >= 15 is 0 Å². The maximum Gasteiger partial charge on any atom is 0.224 e. The van der Waals surface area contributed by atoms with Gasteiger partial charge in [-0.1, -0.05) is 6.92 Å². The van der Waals surface area contributed by atoms with Crippen molar-refractivity contribution in [3.8, 4) is 5.88 Å². The zero-order valence-electron chi connectivity index (χ0n) is 18.2. The molecule has 2 aliphatic carbocycles. The largest absolute Gasteiger partial charge is 0.474 e. The molecule has 30 heavy (non-hydrogen) atoms. The predicted molar refractivity (Wildman–Crippen MR) is 119 cm³/mol. The molecule has 0 bridgehead atoms. The number of hydrogen-bond acceptors (Lipinski definition) is 7. The van der Waals surface area contributed by atoms with Crippen molar-refractivity contribution >= 4 is 16.9 Å². The lowest BCUT2D eigenvalue weighted by Gasteiger charge is -2.28. The van der Waals surface area contributed by atoms with Gasteiger partial charge in [-0.05, 0) is 70.6 Å². The first-order valence-electron chi connectivity index (χ1n) is 11.6. The molecule has 2 aromatic heterocycles. The van der Waals surface area contributed by atoms with Gasteiger partial charge in [0, 0.05) is 30.0 Å². The van der Waals surface area contributed by atoms with Crippen molar-refractivity contribution in [2.75, 3.05) is 5.32 Å². The van der Waals surface area contributed by atoms with Gasteiger partial charge >= 0.3 is 0 Å². The van der Waals surface area contributed by atoms with Crippen molar-refractivity contribution in [3.63, 3.8) is 0 Å². The molecular weight excluding hydrogens is 378 g/mol. The van der Waals surface area contributed by atoms with Crippen LogP contribution in [0.15, 0.2) is 12.4 Å². The van der Waals surface area contributed by atoms with Crippen LogP contribution in [0.2, 0.25) is 0 Å².